The molecule has 7 heteroatoms. The van der Waals surface area contributed by atoms with Crippen LogP contribution in [-0.2, 0) is 6.54 Å². The first-order valence-electron chi connectivity index (χ1n) is 6.71. The molecule has 0 aliphatic carbocycles. The summed E-state index contributed by atoms with van der Waals surface area (Å²) >= 11 is 1.07. The summed E-state index contributed by atoms with van der Waals surface area (Å²) in [5.74, 6) is -1.76. The normalized spacial score (nSPS) is 12.2. The highest BCUT2D eigenvalue weighted by molar-refractivity contribution is 7.16. The average Bonchev–Trinajstić information content (AvgIpc) is 3.08. The molecule has 1 amide bonds. The molecule has 0 unspecified atom stereocenters. The molecular weight excluding hydrogens is 310 g/mol. The first-order chi connectivity index (χ1) is 10.6. The summed E-state index contributed by atoms with van der Waals surface area (Å²) in [6.45, 7) is 2.41. The van der Waals surface area contributed by atoms with Crippen LogP contribution in [0.3, 0.4) is 0 Å². The van der Waals surface area contributed by atoms with Gasteiger partial charge in [-0.25, -0.2) is 8.78 Å². The quantitative estimate of drug-likeness (QED) is 0.738. The van der Waals surface area contributed by atoms with Crippen molar-refractivity contribution in [2.24, 2.45) is 4.99 Å². The van der Waals surface area contributed by atoms with Crippen molar-refractivity contribution in [1.82, 2.24) is 4.57 Å². The van der Waals surface area contributed by atoms with E-state index in [1.54, 1.807) is 10.6 Å². The van der Waals surface area contributed by atoms with Crippen LogP contribution in [0.2, 0.25) is 0 Å². The smallest absolute Gasteiger partial charge is 0.315 e. The number of carbonyl (C=O) groups excluding carboxylic acids is 1. The average molecular weight is 322 g/mol. The molecule has 2 heterocycles. The molecule has 4 nitrogen and oxygen atoms in total. The Balaban J connectivity index is 2.22. The topological polar surface area (TPSA) is 47.5 Å². The lowest BCUT2D eigenvalue weighted by molar-refractivity contribution is 0.0971. The van der Waals surface area contributed by atoms with E-state index >= 15 is 0 Å². The maximum absolute atomic E-state index is 14.1. The van der Waals surface area contributed by atoms with Gasteiger partial charge in [0.05, 0.1) is 16.5 Å². The van der Waals surface area contributed by atoms with Gasteiger partial charge in [0.25, 0.3) is 0 Å². The van der Waals surface area contributed by atoms with Crippen LogP contribution in [0.25, 0.3) is 10.2 Å². The van der Waals surface area contributed by atoms with Crippen LogP contribution in [0.15, 0.2) is 39.9 Å². The minimum atomic E-state index is -0.661. The third-order valence-corrected chi connectivity index (χ3v) is 4.10. The molecule has 0 fully saturated rings. The molecule has 0 saturated carbocycles. The first-order valence-corrected chi connectivity index (χ1v) is 7.52. The van der Waals surface area contributed by atoms with Crippen LogP contribution in [-0.4, -0.2) is 10.5 Å². The van der Waals surface area contributed by atoms with E-state index in [1.807, 2.05) is 6.92 Å². The third-order valence-electron chi connectivity index (χ3n) is 3.07. The first kappa shape index (κ1) is 14.6. The van der Waals surface area contributed by atoms with Gasteiger partial charge in [-0.1, -0.05) is 18.3 Å². The van der Waals surface area contributed by atoms with Gasteiger partial charge >= 0.3 is 5.91 Å². The van der Waals surface area contributed by atoms with Crippen LogP contribution in [0, 0.1) is 11.6 Å². The molecule has 2 aromatic heterocycles. The van der Waals surface area contributed by atoms with Crippen molar-refractivity contribution in [1.29, 1.82) is 0 Å². The molecule has 3 aromatic rings. The Morgan fingerprint density at radius 3 is 2.91 bits per heavy atom. The van der Waals surface area contributed by atoms with Gasteiger partial charge in [-0.05, 0) is 24.6 Å². The summed E-state index contributed by atoms with van der Waals surface area (Å²) in [5.41, 5.74) is 0.263. The summed E-state index contributed by atoms with van der Waals surface area (Å²) < 4.78 is 34.4. The predicted molar refractivity (Wildman–Crippen MR) is 78.6 cm³/mol. The molecule has 0 aliphatic rings. The van der Waals surface area contributed by atoms with Gasteiger partial charge in [-0.15, -0.1) is 0 Å². The second-order valence-electron chi connectivity index (χ2n) is 4.66. The van der Waals surface area contributed by atoms with Gasteiger partial charge < -0.3 is 8.98 Å². The van der Waals surface area contributed by atoms with Crippen LogP contribution in [0.1, 0.15) is 23.9 Å². The van der Waals surface area contributed by atoms with Gasteiger partial charge in [0.1, 0.15) is 5.82 Å². The summed E-state index contributed by atoms with van der Waals surface area (Å²) in [5, 5.41) is 0. The van der Waals surface area contributed by atoms with Crippen LogP contribution in [0.4, 0.5) is 8.78 Å². The molecule has 0 aliphatic heterocycles. The van der Waals surface area contributed by atoms with Gasteiger partial charge in [0.2, 0.25) is 0 Å². The lowest BCUT2D eigenvalue weighted by atomic mass is 10.3. The van der Waals surface area contributed by atoms with E-state index in [0.717, 1.165) is 23.8 Å². The van der Waals surface area contributed by atoms with Crippen molar-refractivity contribution in [3.63, 3.8) is 0 Å². The highest BCUT2D eigenvalue weighted by Gasteiger charge is 2.14. The molecule has 3 rings (SSSR count). The lowest BCUT2D eigenvalue weighted by Gasteiger charge is -2.03. The second kappa shape index (κ2) is 5.84. The molecule has 0 N–H and O–H groups in total. The fraction of sp³-hybridized carbons (Fsp3) is 0.200. The van der Waals surface area contributed by atoms with Crippen LogP contribution < -0.4 is 4.80 Å². The predicted octanol–water partition coefficient (Wildman–Crippen LogP) is 3.73. The monoisotopic (exact) mass is 322 g/mol. The van der Waals surface area contributed by atoms with Crippen molar-refractivity contribution in [3.8, 4) is 0 Å². The molecule has 0 atom stereocenters. The Hall–Kier alpha value is -2.28. The van der Waals surface area contributed by atoms with Gasteiger partial charge in [-0.3, -0.25) is 4.79 Å². The van der Waals surface area contributed by atoms with Gasteiger partial charge in [0, 0.05) is 12.6 Å². The zero-order valence-corrected chi connectivity index (χ0v) is 12.5. The number of carbonyl (C=O) groups is 1. The molecule has 1 aromatic carbocycles. The Bertz CT molecular complexity index is 894. The van der Waals surface area contributed by atoms with E-state index in [0.29, 0.717) is 16.0 Å². The summed E-state index contributed by atoms with van der Waals surface area (Å²) in [7, 11) is 0. The number of furan rings is 1. The fourth-order valence-electron chi connectivity index (χ4n) is 2.19. The maximum Gasteiger partial charge on any atom is 0.315 e. The highest BCUT2D eigenvalue weighted by atomic mass is 32.1. The minimum absolute atomic E-state index is 0.104. The van der Waals surface area contributed by atoms with Crippen molar-refractivity contribution < 1.29 is 18.0 Å². The summed E-state index contributed by atoms with van der Waals surface area (Å²) in [4.78, 5) is 16.3. The van der Waals surface area contributed by atoms with E-state index in [4.69, 9.17) is 4.42 Å². The largest absolute Gasteiger partial charge is 0.459 e. The molecule has 0 saturated heterocycles. The van der Waals surface area contributed by atoms with Crippen molar-refractivity contribution in [3.05, 3.63) is 52.7 Å². The summed E-state index contributed by atoms with van der Waals surface area (Å²) in [6.07, 6.45) is 2.10. The summed E-state index contributed by atoms with van der Waals surface area (Å²) in [6, 6.07) is 5.16. The number of rotatable bonds is 3. The fourth-order valence-corrected chi connectivity index (χ4v) is 3.28. The third kappa shape index (κ3) is 2.59. The number of amides is 1. The minimum Gasteiger partial charge on any atom is -0.459 e. The number of aromatic nitrogens is 1. The van der Waals surface area contributed by atoms with Gasteiger partial charge in [0.15, 0.2) is 16.4 Å². The van der Waals surface area contributed by atoms with E-state index in [-0.39, 0.29) is 11.3 Å². The maximum atomic E-state index is 14.1. The van der Waals surface area contributed by atoms with E-state index in [1.165, 1.54) is 18.4 Å². The highest BCUT2D eigenvalue weighted by Crippen LogP contribution is 2.22. The van der Waals surface area contributed by atoms with Crippen molar-refractivity contribution in [2.75, 3.05) is 0 Å². The molecule has 114 valence electrons. The second-order valence-corrected chi connectivity index (χ2v) is 5.67. The number of hydrogen-bond donors (Lipinski definition) is 0. The number of hydrogen-bond acceptors (Lipinski definition) is 3. The number of fused-ring (bicyclic) bond motifs is 1. The van der Waals surface area contributed by atoms with Crippen molar-refractivity contribution >= 4 is 27.5 Å². The van der Waals surface area contributed by atoms with Gasteiger partial charge in [-0.2, -0.15) is 4.99 Å². The molecular formula is C15H12F2N2O2S. The Morgan fingerprint density at radius 1 is 1.41 bits per heavy atom. The van der Waals surface area contributed by atoms with Crippen LogP contribution >= 0.6 is 11.3 Å². The number of thiazole rings is 1. The molecule has 22 heavy (non-hydrogen) atoms. The molecule has 0 radical (unpaired) electrons. The van der Waals surface area contributed by atoms with E-state index in [9.17, 15) is 13.6 Å². The molecule has 0 spiro atoms. The molecule has 0 bridgehead atoms. The zero-order valence-electron chi connectivity index (χ0n) is 11.7. The Morgan fingerprint density at radius 2 is 2.23 bits per heavy atom. The Labute approximate surface area is 128 Å². The SMILES string of the molecule is CCCn1c(=NC(=O)c2ccco2)sc2cc(F)cc(F)c21. The lowest BCUT2D eigenvalue weighted by Crippen LogP contribution is -2.17. The zero-order chi connectivity index (χ0) is 15.7. The van der Waals surface area contributed by atoms with Crippen molar-refractivity contribution in [2.45, 2.75) is 19.9 Å². The Kier molecular flexibility index (Phi) is 3.89. The number of aryl methyl sites for hydroxylation is 1. The number of benzene rings is 1. The number of halogens is 2. The van der Waals surface area contributed by atoms with Crippen LogP contribution in [0.5, 0.6) is 0 Å². The number of nitrogens with zero attached hydrogens (tertiary/aromatic N) is 2. The van der Waals surface area contributed by atoms with E-state index < -0.39 is 17.5 Å². The van der Waals surface area contributed by atoms with E-state index in [2.05, 4.69) is 4.99 Å². The standard InChI is InChI=1S/C15H12F2N2O2S/c1-2-5-19-13-10(17)7-9(16)8-12(13)22-15(19)18-14(20)11-4-3-6-21-11/h3-4,6-8H,2,5H2,1H3.